The summed E-state index contributed by atoms with van der Waals surface area (Å²) >= 11 is 0. The molecule has 1 aromatic carbocycles. The van der Waals surface area contributed by atoms with Crippen molar-refractivity contribution in [3.63, 3.8) is 0 Å². The van der Waals surface area contributed by atoms with Gasteiger partial charge in [0.25, 0.3) is 0 Å². The van der Waals surface area contributed by atoms with Gasteiger partial charge in [0.05, 0.1) is 11.8 Å². The number of benzene rings is 1. The Morgan fingerprint density at radius 1 is 1.25 bits per heavy atom. The van der Waals surface area contributed by atoms with E-state index in [1.165, 1.54) is 5.56 Å². The van der Waals surface area contributed by atoms with Crippen molar-refractivity contribution in [3.05, 3.63) is 35.4 Å². The number of rotatable bonds is 2. The van der Waals surface area contributed by atoms with Crippen molar-refractivity contribution < 1.29 is 14.7 Å². The van der Waals surface area contributed by atoms with E-state index in [-0.39, 0.29) is 17.7 Å². The molecule has 0 radical (unpaired) electrons. The summed E-state index contributed by atoms with van der Waals surface area (Å²) in [7, 11) is 0. The fourth-order valence-corrected chi connectivity index (χ4v) is 3.50. The first-order chi connectivity index (χ1) is 9.58. The van der Waals surface area contributed by atoms with Gasteiger partial charge in [0, 0.05) is 13.1 Å². The summed E-state index contributed by atoms with van der Waals surface area (Å²) < 4.78 is 0. The number of carboxylic acids is 1. The number of amides is 1. The van der Waals surface area contributed by atoms with Crippen LogP contribution in [0.25, 0.3) is 0 Å². The molecule has 1 aromatic rings. The molecule has 1 amide bonds. The van der Waals surface area contributed by atoms with Crippen LogP contribution in [0.15, 0.2) is 24.3 Å². The van der Waals surface area contributed by atoms with E-state index in [2.05, 4.69) is 6.07 Å². The molecule has 1 heterocycles. The maximum Gasteiger partial charge on any atom is 0.308 e. The number of carbonyl (C=O) groups excluding carboxylic acids is 1. The smallest absolute Gasteiger partial charge is 0.308 e. The molecule has 4 nitrogen and oxygen atoms in total. The van der Waals surface area contributed by atoms with Gasteiger partial charge in [0.2, 0.25) is 5.91 Å². The van der Waals surface area contributed by atoms with E-state index in [9.17, 15) is 9.59 Å². The van der Waals surface area contributed by atoms with Crippen LogP contribution in [-0.2, 0) is 16.0 Å². The first-order valence-corrected chi connectivity index (χ1v) is 7.17. The maximum absolute atomic E-state index is 12.7. The molecule has 3 rings (SSSR count). The van der Waals surface area contributed by atoms with Gasteiger partial charge in [-0.3, -0.25) is 9.59 Å². The van der Waals surface area contributed by atoms with Crippen LogP contribution in [0.1, 0.15) is 30.4 Å². The predicted octanol–water partition coefficient (Wildman–Crippen LogP) is 1.90. The summed E-state index contributed by atoms with van der Waals surface area (Å²) in [6.45, 7) is 2.83. The number of carbonyl (C=O) groups is 2. The number of fused-ring (bicyclic) bond motifs is 1. The standard InChI is InChI=1S/C16H19NO3/c1-10-8-17(9-14(10)16(19)20)15(18)13-7-6-11-4-2-3-5-12(11)13/h2-5,10,13-14H,6-9H2,1H3,(H,19,20)/t10-,13?,14-/m1/s1. The van der Waals surface area contributed by atoms with Crippen LogP contribution in [0.5, 0.6) is 0 Å². The molecule has 106 valence electrons. The first-order valence-electron chi connectivity index (χ1n) is 7.17. The molecule has 1 aliphatic heterocycles. The summed E-state index contributed by atoms with van der Waals surface area (Å²) in [5.41, 5.74) is 2.39. The van der Waals surface area contributed by atoms with Crippen LogP contribution in [0.2, 0.25) is 0 Å². The molecule has 1 aliphatic carbocycles. The fourth-order valence-electron chi connectivity index (χ4n) is 3.50. The Hall–Kier alpha value is -1.84. The Morgan fingerprint density at radius 2 is 2.00 bits per heavy atom. The minimum atomic E-state index is -0.792. The summed E-state index contributed by atoms with van der Waals surface area (Å²) in [5.74, 6) is -1.15. The molecule has 0 bridgehead atoms. The van der Waals surface area contributed by atoms with E-state index in [1.807, 2.05) is 25.1 Å². The molecule has 1 saturated heterocycles. The number of carboxylic acid groups (broad SMARTS) is 1. The zero-order chi connectivity index (χ0) is 14.3. The van der Waals surface area contributed by atoms with Crippen molar-refractivity contribution in [2.45, 2.75) is 25.7 Å². The van der Waals surface area contributed by atoms with Gasteiger partial charge in [-0.15, -0.1) is 0 Å². The van der Waals surface area contributed by atoms with Crippen LogP contribution in [0.4, 0.5) is 0 Å². The van der Waals surface area contributed by atoms with Crippen molar-refractivity contribution in [1.29, 1.82) is 0 Å². The van der Waals surface area contributed by atoms with E-state index >= 15 is 0 Å². The number of nitrogens with zero attached hydrogens (tertiary/aromatic N) is 1. The summed E-state index contributed by atoms with van der Waals surface area (Å²) in [6.07, 6.45) is 1.79. The second-order valence-corrected chi connectivity index (χ2v) is 5.96. The van der Waals surface area contributed by atoms with Gasteiger partial charge in [-0.05, 0) is 29.9 Å². The second-order valence-electron chi connectivity index (χ2n) is 5.96. The highest BCUT2D eigenvalue weighted by Gasteiger charge is 2.40. The molecule has 1 fully saturated rings. The molecule has 3 atom stereocenters. The predicted molar refractivity (Wildman–Crippen MR) is 74.4 cm³/mol. The molecule has 0 aromatic heterocycles. The summed E-state index contributed by atoms with van der Waals surface area (Å²) in [6, 6.07) is 8.08. The number of likely N-dealkylation sites (tertiary alicyclic amines) is 1. The lowest BCUT2D eigenvalue weighted by molar-refractivity contribution is -0.142. The molecule has 20 heavy (non-hydrogen) atoms. The third-order valence-electron chi connectivity index (χ3n) is 4.67. The van der Waals surface area contributed by atoms with Crippen molar-refractivity contribution in [2.24, 2.45) is 11.8 Å². The molecule has 1 unspecified atom stereocenters. The van der Waals surface area contributed by atoms with Gasteiger partial charge in [-0.2, -0.15) is 0 Å². The van der Waals surface area contributed by atoms with Gasteiger partial charge in [-0.1, -0.05) is 31.2 Å². The van der Waals surface area contributed by atoms with Crippen LogP contribution >= 0.6 is 0 Å². The minimum Gasteiger partial charge on any atom is -0.481 e. The largest absolute Gasteiger partial charge is 0.481 e. The van der Waals surface area contributed by atoms with E-state index < -0.39 is 11.9 Å². The summed E-state index contributed by atoms with van der Waals surface area (Å²) in [5, 5.41) is 9.17. The fraction of sp³-hybridized carbons (Fsp3) is 0.500. The molecule has 4 heteroatoms. The normalized spacial score (nSPS) is 28.4. The molecule has 1 N–H and O–H groups in total. The quantitative estimate of drug-likeness (QED) is 0.895. The Labute approximate surface area is 118 Å². The highest BCUT2D eigenvalue weighted by Crippen LogP contribution is 2.36. The first kappa shape index (κ1) is 13.2. The van der Waals surface area contributed by atoms with Crippen LogP contribution < -0.4 is 0 Å². The Bertz CT molecular complexity index is 554. The van der Waals surface area contributed by atoms with Gasteiger partial charge in [0.15, 0.2) is 0 Å². The monoisotopic (exact) mass is 273 g/mol. The lowest BCUT2D eigenvalue weighted by atomic mass is 9.99. The zero-order valence-corrected chi connectivity index (χ0v) is 11.6. The van der Waals surface area contributed by atoms with E-state index in [1.54, 1.807) is 4.90 Å². The molecule has 2 aliphatic rings. The van der Waals surface area contributed by atoms with Crippen LogP contribution in [0, 0.1) is 11.8 Å². The lowest BCUT2D eigenvalue weighted by Crippen LogP contribution is -2.33. The van der Waals surface area contributed by atoms with Crippen LogP contribution in [0.3, 0.4) is 0 Å². The van der Waals surface area contributed by atoms with E-state index in [0.717, 1.165) is 18.4 Å². The number of hydrogen-bond acceptors (Lipinski definition) is 2. The minimum absolute atomic E-state index is 0.0353. The number of aryl methyl sites for hydroxylation is 1. The van der Waals surface area contributed by atoms with Crippen molar-refractivity contribution in [3.8, 4) is 0 Å². The van der Waals surface area contributed by atoms with Crippen LogP contribution in [-0.4, -0.2) is 35.0 Å². The zero-order valence-electron chi connectivity index (χ0n) is 11.6. The highest BCUT2D eigenvalue weighted by atomic mass is 16.4. The van der Waals surface area contributed by atoms with E-state index in [4.69, 9.17) is 5.11 Å². The average Bonchev–Trinajstić information content (AvgIpc) is 3.01. The van der Waals surface area contributed by atoms with Gasteiger partial charge in [0.1, 0.15) is 0 Å². The summed E-state index contributed by atoms with van der Waals surface area (Å²) in [4.78, 5) is 25.6. The average molecular weight is 273 g/mol. The van der Waals surface area contributed by atoms with Gasteiger partial charge in [-0.25, -0.2) is 0 Å². The molecular weight excluding hydrogens is 254 g/mol. The molecule has 0 spiro atoms. The van der Waals surface area contributed by atoms with E-state index in [0.29, 0.717) is 13.1 Å². The van der Waals surface area contributed by atoms with Crippen molar-refractivity contribution >= 4 is 11.9 Å². The molecule has 0 saturated carbocycles. The topological polar surface area (TPSA) is 57.6 Å². The second kappa shape index (κ2) is 4.93. The van der Waals surface area contributed by atoms with Crippen molar-refractivity contribution in [2.75, 3.05) is 13.1 Å². The Morgan fingerprint density at radius 3 is 2.70 bits per heavy atom. The third-order valence-corrected chi connectivity index (χ3v) is 4.67. The Balaban J connectivity index is 1.77. The number of hydrogen-bond donors (Lipinski definition) is 1. The SMILES string of the molecule is C[C@@H]1CN(C(=O)C2CCc3ccccc32)C[C@H]1C(=O)O. The van der Waals surface area contributed by atoms with Gasteiger partial charge >= 0.3 is 5.97 Å². The highest BCUT2D eigenvalue weighted by molar-refractivity contribution is 5.86. The maximum atomic E-state index is 12.7. The Kier molecular flexibility index (Phi) is 3.24. The molecular formula is C16H19NO3. The lowest BCUT2D eigenvalue weighted by Gasteiger charge is -2.21. The van der Waals surface area contributed by atoms with Crippen molar-refractivity contribution in [1.82, 2.24) is 4.90 Å². The number of aliphatic carboxylic acids is 1. The van der Waals surface area contributed by atoms with Gasteiger partial charge < -0.3 is 10.0 Å². The third kappa shape index (κ3) is 2.09.